The highest BCUT2D eigenvalue weighted by atomic mass is 16.1. The smallest absolute Gasteiger partial charge is 0.176 e. The Morgan fingerprint density at radius 2 is 1.88 bits per heavy atom. The van der Waals surface area contributed by atoms with Gasteiger partial charge in [0.05, 0.1) is 6.54 Å². The zero-order valence-electron chi connectivity index (χ0n) is 10.9. The first-order chi connectivity index (χ1) is 7.41. The summed E-state index contributed by atoms with van der Waals surface area (Å²) in [6.45, 7) is 8.77. The number of nitrogens with zero attached hydrogens (tertiary/aromatic N) is 1. The molecule has 0 spiro atoms. The fraction of sp³-hybridized carbons (Fsp3) is 0.500. The fourth-order valence-electron chi connectivity index (χ4n) is 1.42. The number of likely N-dealkylation sites (N-methyl/N-ethyl adjacent to an activating group) is 1. The van der Waals surface area contributed by atoms with Crippen LogP contribution in [-0.4, -0.2) is 30.3 Å². The van der Waals surface area contributed by atoms with Crippen molar-refractivity contribution in [2.45, 2.75) is 33.7 Å². The molecule has 1 aromatic carbocycles. The van der Waals surface area contributed by atoms with Gasteiger partial charge < -0.3 is 0 Å². The molecule has 0 aliphatic heterocycles. The molecule has 0 saturated heterocycles. The minimum absolute atomic E-state index is 0.194. The first-order valence-corrected chi connectivity index (χ1v) is 5.72. The van der Waals surface area contributed by atoms with Crippen molar-refractivity contribution in [2.24, 2.45) is 0 Å². The molecule has 0 heterocycles. The van der Waals surface area contributed by atoms with Crippen molar-refractivity contribution < 1.29 is 4.79 Å². The Morgan fingerprint density at radius 3 is 2.38 bits per heavy atom. The van der Waals surface area contributed by atoms with Crippen LogP contribution < -0.4 is 0 Å². The van der Waals surface area contributed by atoms with Gasteiger partial charge in [-0.2, -0.15) is 0 Å². The van der Waals surface area contributed by atoms with Crippen LogP contribution in [0.2, 0.25) is 0 Å². The van der Waals surface area contributed by atoms with Crippen LogP contribution in [0.4, 0.5) is 0 Å². The summed E-state index contributed by atoms with van der Waals surface area (Å²) >= 11 is 0. The van der Waals surface area contributed by atoms with Crippen LogP contribution in [0.5, 0.6) is 0 Å². The van der Waals surface area contributed by atoms with Gasteiger partial charge >= 0.3 is 0 Å². The lowest BCUT2D eigenvalue weighted by Gasteiger charge is -2.20. The van der Waals surface area contributed by atoms with Gasteiger partial charge in [0.2, 0.25) is 0 Å². The molecule has 1 aromatic rings. The second-order valence-electron chi connectivity index (χ2n) is 4.73. The highest BCUT2D eigenvalue weighted by Gasteiger charge is 2.11. The third kappa shape index (κ3) is 3.17. The lowest BCUT2D eigenvalue weighted by Crippen LogP contribution is -2.31. The predicted molar refractivity (Wildman–Crippen MR) is 68.0 cm³/mol. The molecule has 0 amide bonds. The number of carbonyl (C=O) groups excluding carboxylic acids is 1. The highest BCUT2D eigenvalue weighted by molar-refractivity contribution is 5.97. The summed E-state index contributed by atoms with van der Waals surface area (Å²) in [6.07, 6.45) is 0. The van der Waals surface area contributed by atoms with Gasteiger partial charge in [0.25, 0.3) is 0 Å². The Kier molecular flexibility index (Phi) is 4.25. The van der Waals surface area contributed by atoms with E-state index >= 15 is 0 Å². The average molecular weight is 219 g/mol. The molecule has 0 radical (unpaired) electrons. The topological polar surface area (TPSA) is 20.3 Å². The summed E-state index contributed by atoms with van der Waals surface area (Å²) in [5, 5.41) is 0. The SMILES string of the molecule is Cc1ccc(C(=O)CN(C)C(C)C)cc1C. The predicted octanol–water partition coefficient (Wildman–Crippen LogP) is 2.83. The third-order valence-electron chi connectivity index (χ3n) is 3.10. The maximum atomic E-state index is 12.0. The van der Waals surface area contributed by atoms with Gasteiger partial charge in [-0.15, -0.1) is 0 Å². The summed E-state index contributed by atoms with van der Waals surface area (Å²) in [7, 11) is 1.98. The normalized spacial score (nSPS) is 11.2. The number of benzene rings is 1. The second kappa shape index (κ2) is 5.26. The average Bonchev–Trinajstić information content (AvgIpc) is 2.21. The molecule has 0 bridgehead atoms. The molecule has 0 aliphatic carbocycles. The van der Waals surface area contributed by atoms with Gasteiger partial charge in [-0.3, -0.25) is 9.69 Å². The van der Waals surface area contributed by atoms with Crippen molar-refractivity contribution in [3.05, 3.63) is 34.9 Å². The standard InChI is InChI=1S/C14H21NO/c1-10(2)15(5)9-14(16)13-7-6-11(3)12(4)8-13/h6-8,10H,9H2,1-5H3. The Hall–Kier alpha value is -1.15. The Bertz CT molecular complexity index is 382. The van der Waals surface area contributed by atoms with Crippen LogP contribution in [0.3, 0.4) is 0 Å². The molecule has 0 atom stereocenters. The van der Waals surface area contributed by atoms with Crippen LogP contribution in [-0.2, 0) is 0 Å². The van der Waals surface area contributed by atoms with E-state index in [2.05, 4.69) is 25.7 Å². The van der Waals surface area contributed by atoms with Crippen LogP contribution in [0.1, 0.15) is 35.3 Å². The number of rotatable bonds is 4. The van der Waals surface area contributed by atoms with E-state index in [-0.39, 0.29) is 5.78 Å². The van der Waals surface area contributed by atoms with Crippen molar-refractivity contribution in [3.8, 4) is 0 Å². The summed E-state index contributed by atoms with van der Waals surface area (Å²) in [4.78, 5) is 14.0. The number of hydrogen-bond donors (Lipinski definition) is 0. The maximum Gasteiger partial charge on any atom is 0.176 e. The van der Waals surface area contributed by atoms with Crippen molar-refractivity contribution in [1.29, 1.82) is 0 Å². The fourth-order valence-corrected chi connectivity index (χ4v) is 1.42. The summed E-state index contributed by atoms with van der Waals surface area (Å²) < 4.78 is 0. The molecule has 0 unspecified atom stereocenters. The number of aryl methyl sites for hydroxylation is 2. The molecule has 2 nitrogen and oxygen atoms in total. The molecule has 0 aliphatic rings. The molecule has 0 aromatic heterocycles. The summed E-state index contributed by atoms with van der Waals surface area (Å²) in [5.74, 6) is 0.194. The maximum absolute atomic E-state index is 12.0. The molecule has 1 rings (SSSR count). The van der Waals surface area contributed by atoms with Gasteiger partial charge in [-0.1, -0.05) is 12.1 Å². The molecule has 0 N–H and O–H groups in total. The van der Waals surface area contributed by atoms with Gasteiger partial charge in [0.15, 0.2) is 5.78 Å². The van der Waals surface area contributed by atoms with Crippen molar-refractivity contribution >= 4 is 5.78 Å². The number of ketones is 1. The van der Waals surface area contributed by atoms with Gasteiger partial charge in [-0.05, 0) is 51.9 Å². The molecule has 88 valence electrons. The molecule has 2 heteroatoms. The molecular weight excluding hydrogens is 198 g/mol. The number of hydrogen-bond acceptors (Lipinski definition) is 2. The monoisotopic (exact) mass is 219 g/mol. The van der Waals surface area contributed by atoms with Crippen molar-refractivity contribution in [1.82, 2.24) is 4.90 Å². The number of carbonyl (C=O) groups is 1. The van der Waals surface area contributed by atoms with Crippen molar-refractivity contribution in [2.75, 3.05) is 13.6 Å². The Balaban J connectivity index is 2.77. The Labute approximate surface area is 98.3 Å². The Morgan fingerprint density at radius 1 is 1.25 bits per heavy atom. The van der Waals surface area contributed by atoms with Gasteiger partial charge in [0.1, 0.15) is 0 Å². The van der Waals surface area contributed by atoms with Crippen molar-refractivity contribution in [3.63, 3.8) is 0 Å². The van der Waals surface area contributed by atoms with E-state index in [9.17, 15) is 4.79 Å². The quantitative estimate of drug-likeness (QED) is 0.726. The highest BCUT2D eigenvalue weighted by Crippen LogP contribution is 2.11. The largest absolute Gasteiger partial charge is 0.296 e. The number of Topliss-reactive ketones (excluding diaryl/α,β-unsaturated/α-hetero) is 1. The van der Waals surface area contributed by atoms with Crippen LogP contribution >= 0.6 is 0 Å². The minimum atomic E-state index is 0.194. The van der Waals surface area contributed by atoms with Crippen LogP contribution in [0.25, 0.3) is 0 Å². The lowest BCUT2D eigenvalue weighted by atomic mass is 10.0. The van der Waals surface area contributed by atoms with E-state index in [1.165, 1.54) is 11.1 Å². The van der Waals surface area contributed by atoms with E-state index in [0.29, 0.717) is 12.6 Å². The molecule has 0 fully saturated rings. The zero-order valence-corrected chi connectivity index (χ0v) is 10.9. The lowest BCUT2D eigenvalue weighted by molar-refractivity contribution is 0.0929. The van der Waals surface area contributed by atoms with E-state index in [1.807, 2.05) is 32.2 Å². The zero-order chi connectivity index (χ0) is 12.3. The second-order valence-corrected chi connectivity index (χ2v) is 4.73. The van der Waals surface area contributed by atoms with Gasteiger partial charge in [-0.25, -0.2) is 0 Å². The molecular formula is C14H21NO. The third-order valence-corrected chi connectivity index (χ3v) is 3.10. The molecule has 0 saturated carbocycles. The van der Waals surface area contributed by atoms with E-state index in [0.717, 1.165) is 5.56 Å². The van der Waals surface area contributed by atoms with E-state index < -0.39 is 0 Å². The summed E-state index contributed by atoms with van der Waals surface area (Å²) in [6, 6.07) is 6.30. The minimum Gasteiger partial charge on any atom is -0.296 e. The van der Waals surface area contributed by atoms with E-state index in [1.54, 1.807) is 0 Å². The van der Waals surface area contributed by atoms with Crippen LogP contribution in [0, 0.1) is 13.8 Å². The first kappa shape index (κ1) is 12.9. The van der Waals surface area contributed by atoms with Gasteiger partial charge in [0, 0.05) is 11.6 Å². The van der Waals surface area contributed by atoms with Crippen LogP contribution in [0.15, 0.2) is 18.2 Å². The molecule has 16 heavy (non-hydrogen) atoms. The van der Waals surface area contributed by atoms with E-state index in [4.69, 9.17) is 0 Å². The summed E-state index contributed by atoms with van der Waals surface area (Å²) in [5.41, 5.74) is 3.22. The first-order valence-electron chi connectivity index (χ1n) is 5.72.